The Kier molecular flexibility index (Phi) is 36.0. The number of rotatable bonds is 37. The maximum absolute atomic E-state index is 12.5. The molecule has 0 aliphatic heterocycles. The van der Waals surface area contributed by atoms with Gasteiger partial charge in [0, 0.05) is 19.6 Å². The minimum Gasteiger partial charge on any atom is -0.457 e. The van der Waals surface area contributed by atoms with Crippen molar-refractivity contribution in [3.05, 3.63) is 36.5 Å². The van der Waals surface area contributed by atoms with Crippen molar-refractivity contribution in [3.63, 3.8) is 0 Å². The highest BCUT2D eigenvalue weighted by molar-refractivity contribution is 7.47. The van der Waals surface area contributed by atoms with E-state index in [-0.39, 0.29) is 32.3 Å². The summed E-state index contributed by atoms with van der Waals surface area (Å²) in [7, 11) is -4.27. The van der Waals surface area contributed by atoms with Crippen molar-refractivity contribution in [3.8, 4) is 0 Å². The zero-order valence-electron chi connectivity index (χ0n) is 31.0. The van der Waals surface area contributed by atoms with Crippen molar-refractivity contribution in [2.24, 2.45) is 5.73 Å². The molecule has 2 unspecified atom stereocenters. The summed E-state index contributed by atoms with van der Waals surface area (Å²) in [4.78, 5) is 22.4. The van der Waals surface area contributed by atoms with Crippen LogP contribution < -0.4 is 5.73 Å². The highest BCUT2D eigenvalue weighted by Crippen LogP contribution is 2.43. The molecular weight excluding hydrogens is 625 g/mol. The molecule has 0 radical (unpaired) electrons. The third-order valence-electron chi connectivity index (χ3n) is 8.03. The number of phosphoric acid groups is 1. The lowest BCUT2D eigenvalue weighted by atomic mass is 10.1. The van der Waals surface area contributed by atoms with Gasteiger partial charge in [-0.2, -0.15) is 0 Å². The van der Waals surface area contributed by atoms with Crippen LogP contribution in [0.5, 0.6) is 0 Å². The number of carbonyl (C=O) groups is 1. The third kappa shape index (κ3) is 36.0. The van der Waals surface area contributed by atoms with E-state index in [1.807, 2.05) is 0 Å². The van der Waals surface area contributed by atoms with Crippen LogP contribution in [0.3, 0.4) is 0 Å². The number of nitrogens with two attached hydrogens (primary N) is 1. The Morgan fingerprint density at radius 2 is 1.12 bits per heavy atom. The largest absolute Gasteiger partial charge is 0.472 e. The third-order valence-corrected chi connectivity index (χ3v) is 9.01. The monoisotopic (exact) mass is 700 g/mol. The lowest BCUT2D eigenvalue weighted by Crippen LogP contribution is -2.28. The molecule has 282 valence electrons. The van der Waals surface area contributed by atoms with Gasteiger partial charge in [-0.25, -0.2) is 4.57 Å². The quantitative estimate of drug-likeness (QED) is 0.0285. The first-order valence-electron chi connectivity index (χ1n) is 19.5. The normalized spacial score (nSPS) is 14.0. The molecule has 0 aliphatic carbocycles. The van der Waals surface area contributed by atoms with E-state index in [0.29, 0.717) is 13.0 Å². The smallest absolute Gasteiger partial charge is 0.457 e. The molecule has 0 saturated heterocycles. The second-order valence-corrected chi connectivity index (χ2v) is 14.2. The molecule has 3 N–H and O–H groups in total. The lowest BCUT2D eigenvalue weighted by molar-refractivity contribution is -0.154. The average molecular weight is 700 g/mol. The molecule has 0 rings (SSSR count). The molecule has 8 nitrogen and oxygen atoms in total. The van der Waals surface area contributed by atoms with Crippen molar-refractivity contribution in [1.29, 1.82) is 0 Å². The van der Waals surface area contributed by atoms with E-state index in [4.69, 9.17) is 24.3 Å². The van der Waals surface area contributed by atoms with Crippen molar-refractivity contribution in [2.45, 2.75) is 174 Å². The Hall–Kier alpha value is -1.28. The Bertz CT molecular complexity index is 833. The van der Waals surface area contributed by atoms with Gasteiger partial charge in [-0.3, -0.25) is 13.8 Å². The summed E-state index contributed by atoms with van der Waals surface area (Å²) < 4.78 is 33.3. The first-order valence-corrected chi connectivity index (χ1v) is 21.0. The summed E-state index contributed by atoms with van der Waals surface area (Å²) in [6.45, 7) is 4.83. The van der Waals surface area contributed by atoms with Gasteiger partial charge in [-0.05, 0) is 64.2 Å². The zero-order valence-corrected chi connectivity index (χ0v) is 31.9. The number of hydrogen-bond acceptors (Lipinski definition) is 7. The van der Waals surface area contributed by atoms with Crippen LogP contribution in [0.2, 0.25) is 0 Å². The van der Waals surface area contributed by atoms with Gasteiger partial charge < -0.3 is 20.1 Å². The van der Waals surface area contributed by atoms with Gasteiger partial charge in [0.2, 0.25) is 0 Å². The molecule has 2 atom stereocenters. The van der Waals surface area contributed by atoms with Gasteiger partial charge in [0.05, 0.1) is 19.8 Å². The molecule has 0 amide bonds. The molecule has 0 spiro atoms. The van der Waals surface area contributed by atoms with E-state index in [1.165, 1.54) is 83.5 Å². The summed E-state index contributed by atoms with van der Waals surface area (Å²) in [5, 5.41) is 0. The molecule has 0 heterocycles. The minimum absolute atomic E-state index is 0.0967. The van der Waals surface area contributed by atoms with Crippen LogP contribution in [-0.2, 0) is 27.9 Å². The van der Waals surface area contributed by atoms with Gasteiger partial charge >= 0.3 is 13.8 Å². The molecule has 0 aromatic rings. The predicted molar refractivity (Wildman–Crippen MR) is 201 cm³/mol. The number of ether oxygens (including phenoxy) is 2. The molecule has 9 heteroatoms. The number of hydrogen-bond donors (Lipinski definition) is 2. The summed E-state index contributed by atoms with van der Waals surface area (Å²) in [5.74, 6) is -0.344. The number of allylic oxidation sites excluding steroid dienone is 6. The fourth-order valence-corrected chi connectivity index (χ4v) is 5.89. The SMILES string of the molecule is CCCC/C=C\C/C=C\CCCCCCCCOCC(COP(=O)(O)OCCN)OC(=O)CCCCCCC/C=C\CCCCCCC. The van der Waals surface area contributed by atoms with E-state index in [2.05, 4.69) is 50.3 Å². The maximum atomic E-state index is 12.5. The van der Waals surface area contributed by atoms with E-state index < -0.39 is 13.9 Å². The molecule has 0 aromatic heterocycles. The van der Waals surface area contributed by atoms with E-state index >= 15 is 0 Å². The van der Waals surface area contributed by atoms with E-state index in [9.17, 15) is 14.3 Å². The summed E-state index contributed by atoms with van der Waals surface area (Å²) in [5.41, 5.74) is 5.35. The second-order valence-electron chi connectivity index (χ2n) is 12.8. The van der Waals surface area contributed by atoms with Crippen LogP contribution in [0.15, 0.2) is 36.5 Å². The fraction of sp³-hybridized carbons (Fsp3) is 0.821. The van der Waals surface area contributed by atoms with Crippen LogP contribution in [0.1, 0.15) is 168 Å². The summed E-state index contributed by atoms with van der Waals surface area (Å²) in [6, 6.07) is 0. The van der Waals surface area contributed by atoms with Crippen LogP contribution >= 0.6 is 7.82 Å². The number of esters is 1. The fourth-order valence-electron chi connectivity index (χ4n) is 5.12. The standard InChI is InChI=1S/C39H74NO7P/c1-3-5-7-9-11-13-15-17-19-21-23-25-27-29-31-34-44-36-38(37-46-48(42,43)45-35-33-40)47-39(41)32-30-28-26-24-22-20-18-16-14-12-10-8-6-4-2/h9,11,15-18,38H,3-8,10,12-14,19-37,40H2,1-2H3,(H,42,43)/b11-9-,17-15-,18-16-. The Morgan fingerprint density at radius 3 is 1.71 bits per heavy atom. The highest BCUT2D eigenvalue weighted by Gasteiger charge is 2.25. The second kappa shape index (κ2) is 37.0. The van der Waals surface area contributed by atoms with Crippen LogP contribution in [0.25, 0.3) is 0 Å². The van der Waals surface area contributed by atoms with Crippen molar-refractivity contribution < 1.29 is 32.8 Å². The predicted octanol–water partition coefficient (Wildman–Crippen LogP) is 11.1. The number of carbonyl (C=O) groups excluding carboxylic acids is 1. The van der Waals surface area contributed by atoms with Crippen LogP contribution in [-0.4, -0.2) is 49.9 Å². The molecule has 0 aliphatic rings. The summed E-state index contributed by atoms with van der Waals surface area (Å²) >= 11 is 0. The highest BCUT2D eigenvalue weighted by atomic mass is 31.2. The van der Waals surface area contributed by atoms with Gasteiger partial charge in [0.1, 0.15) is 6.10 Å². The van der Waals surface area contributed by atoms with Crippen molar-refractivity contribution >= 4 is 13.8 Å². The topological polar surface area (TPSA) is 117 Å². The molecule has 0 saturated carbocycles. The molecule has 48 heavy (non-hydrogen) atoms. The first-order chi connectivity index (χ1) is 23.4. The van der Waals surface area contributed by atoms with Crippen molar-refractivity contribution in [1.82, 2.24) is 0 Å². The molecule has 0 fully saturated rings. The molecule has 0 bridgehead atoms. The minimum atomic E-state index is -4.27. The number of phosphoric ester groups is 1. The van der Waals surface area contributed by atoms with Crippen LogP contribution in [0, 0.1) is 0 Å². The average Bonchev–Trinajstić information content (AvgIpc) is 3.07. The summed E-state index contributed by atoms with van der Waals surface area (Å²) in [6.07, 6.45) is 40.1. The van der Waals surface area contributed by atoms with Gasteiger partial charge in [0.15, 0.2) is 0 Å². The van der Waals surface area contributed by atoms with E-state index in [1.54, 1.807) is 0 Å². The van der Waals surface area contributed by atoms with Crippen LogP contribution in [0.4, 0.5) is 0 Å². The zero-order chi connectivity index (χ0) is 35.2. The van der Waals surface area contributed by atoms with Gasteiger partial charge in [0.25, 0.3) is 0 Å². The molecule has 0 aromatic carbocycles. The number of unbranched alkanes of at least 4 members (excludes halogenated alkanes) is 18. The van der Waals surface area contributed by atoms with Crippen molar-refractivity contribution in [2.75, 3.05) is 33.0 Å². The first kappa shape index (κ1) is 46.7. The Morgan fingerprint density at radius 1 is 0.625 bits per heavy atom. The maximum Gasteiger partial charge on any atom is 0.472 e. The lowest BCUT2D eigenvalue weighted by Gasteiger charge is -2.20. The Labute approximate surface area is 295 Å². The van der Waals surface area contributed by atoms with Gasteiger partial charge in [-0.1, -0.05) is 134 Å². The van der Waals surface area contributed by atoms with E-state index in [0.717, 1.165) is 64.2 Å². The van der Waals surface area contributed by atoms with Gasteiger partial charge in [-0.15, -0.1) is 0 Å². The Balaban J connectivity index is 4.12. The molecular formula is C39H74NO7P.